The van der Waals surface area contributed by atoms with Gasteiger partial charge in [0.25, 0.3) is 0 Å². The number of esters is 1. The van der Waals surface area contributed by atoms with Crippen LogP contribution in [0, 0.1) is 0 Å². The van der Waals surface area contributed by atoms with Gasteiger partial charge in [0.15, 0.2) is 0 Å². The van der Waals surface area contributed by atoms with Crippen LogP contribution in [-0.4, -0.2) is 64.0 Å². The molecule has 0 aromatic heterocycles. The molecule has 0 saturated carbocycles. The van der Waals surface area contributed by atoms with Crippen molar-refractivity contribution in [3.05, 3.63) is 12.2 Å². The van der Waals surface area contributed by atoms with Crippen molar-refractivity contribution >= 4 is 57.4 Å². The Hall–Kier alpha value is 0.846. The molecule has 0 heterocycles. The number of carbonyl (C=O) groups excluding carboxylic acids is 1. The predicted molar refractivity (Wildman–Crippen MR) is 168 cm³/mol. The van der Waals surface area contributed by atoms with Crippen molar-refractivity contribution < 1.29 is 9.53 Å². The molecule has 0 spiro atoms. The van der Waals surface area contributed by atoms with E-state index in [0.29, 0.717) is 13.0 Å². The van der Waals surface area contributed by atoms with Crippen molar-refractivity contribution in [2.24, 2.45) is 0 Å². The van der Waals surface area contributed by atoms with Crippen molar-refractivity contribution in [2.75, 3.05) is 6.61 Å². The van der Waals surface area contributed by atoms with Crippen LogP contribution in [0.4, 0.5) is 0 Å². The van der Waals surface area contributed by atoms with Crippen molar-refractivity contribution in [2.45, 2.75) is 194 Å². The molecule has 0 aromatic rings. The molecule has 3 heteroatoms. The Morgan fingerprint density at radius 3 is 1.19 bits per heavy atom. The molecule has 0 N–H and O–H groups in total. The van der Waals surface area contributed by atoms with Crippen molar-refractivity contribution in [3.63, 3.8) is 0 Å². The summed E-state index contributed by atoms with van der Waals surface area (Å²) in [5, 5.41) is 0. The average molecular weight is 547 g/mol. The fraction of sp³-hybridized carbons (Fsp3) is 0.912. The number of allylic oxidation sites excluding steroid dienone is 2. The quantitative estimate of drug-likeness (QED) is 0.0387. The molecule has 0 aliphatic carbocycles. The Bertz CT molecular complexity index is 449. The predicted octanol–water partition coefficient (Wildman–Crippen LogP) is 11.4. The fourth-order valence-corrected chi connectivity index (χ4v) is 4.89. The summed E-state index contributed by atoms with van der Waals surface area (Å²) >= 11 is 0. The van der Waals surface area contributed by atoms with Gasteiger partial charge in [0, 0.05) is 6.42 Å². The number of carbonyl (C=O) groups is 1. The second-order valence-electron chi connectivity index (χ2n) is 11.2. The summed E-state index contributed by atoms with van der Waals surface area (Å²) in [5.74, 6) is 0.0160. The average Bonchev–Trinajstić information content (AvgIpc) is 2.88. The zero-order chi connectivity index (χ0) is 26.2. The van der Waals surface area contributed by atoms with E-state index in [2.05, 4.69) is 26.0 Å². The van der Waals surface area contributed by atoms with E-state index in [0.717, 1.165) is 19.3 Å². The first-order valence-corrected chi connectivity index (χ1v) is 16.6. The van der Waals surface area contributed by atoms with Gasteiger partial charge in [0.2, 0.25) is 0 Å². The number of hydrogen-bond acceptors (Lipinski definition) is 2. The van der Waals surface area contributed by atoms with Crippen molar-refractivity contribution in [1.82, 2.24) is 0 Å². The summed E-state index contributed by atoms with van der Waals surface area (Å²) in [4.78, 5) is 11.9. The Balaban J connectivity index is 0. The Labute approximate surface area is 276 Å². The van der Waals surface area contributed by atoms with Crippen LogP contribution < -0.4 is 0 Å². The molecule has 0 amide bonds. The van der Waals surface area contributed by atoms with E-state index in [4.69, 9.17) is 4.74 Å². The molecular weight excluding hydrogens is 479 g/mol. The third-order valence-corrected chi connectivity index (χ3v) is 7.40. The summed E-state index contributed by atoms with van der Waals surface area (Å²) in [6.45, 7) is 5.19. The summed E-state index contributed by atoms with van der Waals surface area (Å²) in [6, 6.07) is 0. The van der Waals surface area contributed by atoms with E-state index in [1.807, 2.05) is 0 Å². The van der Waals surface area contributed by atoms with Crippen molar-refractivity contribution in [3.8, 4) is 0 Å². The maximum atomic E-state index is 11.9. The third kappa shape index (κ3) is 36.8. The van der Waals surface area contributed by atoms with Crippen LogP contribution in [0.5, 0.6) is 0 Å². The molecule has 0 fully saturated rings. The third-order valence-electron chi connectivity index (χ3n) is 7.40. The van der Waals surface area contributed by atoms with E-state index in [1.54, 1.807) is 0 Å². The van der Waals surface area contributed by atoms with Gasteiger partial charge < -0.3 is 4.74 Å². The Kier molecular flexibility index (Phi) is 39.8. The SMILES string of the molecule is CCCCCCCC/C=C\CCCCCCCC(=O)OCCCCCCCCCCCCCCCC.[KH]. The first-order chi connectivity index (χ1) is 17.8. The molecule has 0 unspecified atom stereocenters. The van der Waals surface area contributed by atoms with E-state index >= 15 is 0 Å². The molecule has 0 saturated heterocycles. The molecule has 0 aliphatic rings. The maximum absolute atomic E-state index is 11.9. The van der Waals surface area contributed by atoms with Gasteiger partial charge in [-0.2, -0.15) is 0 Å². The molecule has 0 atom stereocenters. The summed E-state index contributed by atoms with van der Waals surface area (Å²) in [5.41, 5.74) is 0. The zero-order valence-corrected chi connectivity index (χ0v) is 25.0. The monoisotopic (exact) mass is 546 g/mol. The first kappa shape index (κ1) is 40.0. The van der Waals surface area contributed by atoms with Crippen molar-refractivity contribution in [1.29, 1.82) is 0 Å². The molecule has 37 heavy (non-hydrogen) atoms. The summed E-state index contributed by atoms with van der Waals surface area (Å²) in [7, 11) is 0. The van der Waals surface area contributed by atoms with Crippen LogP contribution in [-0.2, 0) is 9.53 Å². The number of unbranched alkanes of at least 4 members (excludes halogenated alkanes) is 24. The van der Waals surface area contributed by atoms with Crippen LogP contribution in [0.25, 0.3) is 0 Å². The van der Waals surface area contributed by atoms with E-state index in [1.165, 1.54) is 154 Å². The number of ether oxygens (including phenoxy) is 1. The van der Waals surface area contributed by atoms with Gasteiger partial charge in [0.1, 0.15) is 0 Å². The fourth-order valence-electron chi connectivity index (χ4n) is 4.89. The molecule has 0 rings (SSSR count). The van der Waals surface area contributed by atoms with Crippen LogP contribution in [0.2, 0.25) is 0 Å². The van der Waals surface area contributed by atoms with E-state index in [9.17, 15) is 4.79 Å². The zero-order valence-electron chi connectivity index (χ0n) is 25.0. The van der Waals surface area contributed by atoms with Crippen LogP contribution in [0.3, 0.4) is 0 Å². The molecule has 2 nitrogen and oxygen atoms in total. The molecule has 0 aliphatic heterocycles. The summed E-state index contributed by atoms with van der Waals surface area (Å²) < 4.78 is 5.42. The number of hydrogen-bond donors (Lipinski definition) is 0. The summed E-state index contributed by atoms with van der Waals surface area (Å²) in [6.07, 6.45) is 41.2. The molecule has 0 bridgehead atoms. The van der Waals surface area contributed by atoms with Crippen LogP contribution in [0.1, 0.15) is 194 Å². The van der Waals surface area contributed by atoms with Gasteiger partial charge in [-0.3, -0.25) is 4.79 Å². The van der Waals surface area contributed by atoms with Gasteiger partial charge in [0.05, 0.1) is 6.61 Å². The standard InChI is InChI=1S/C34H66O2.K.H/c1-3-5-7-9-11-13-15-17-19-20-22-24-26-28-30-32-34(35)36-33-31-29-27-25-23-21-18-16-14-12-10-8-6-4-2;;/h17,19H,3-16,18,20-33H2,1-2H3;;/b19-17-;;. The van der Waals surface area contributed by atoms with Crippen LogP contribution >= 0.6 is 0 Å². The molecule has 216 valence electrons. The minimum absolute atomic E-state index is 0. The van der Waals surface area contributed by atoms with E-state index in [-0.39, 0.29) is 57.4 Å². The Morgan fingerprint density at radius 1 is 0.459 bits per heavy atom. The van der Waals surface area contributed by atoms with Gasteiger partial charge in [-0.1, -0.05) is 161 Å². The van der Waals surface area contributed by atoms with Gasteiger partial charge in [-0.25, -0.2) is 0 Å². The number of rotatable bonds is 30. The second-order valence-corrected chi connectivity index (χ2v) is 11.2. The van der Waals surface area contributed by atoms with Gasteiger partial charge >= 0.3 is 57.4 Å². The van der Waals surface area contributed by atoms with Gasteiger partial charge in [-0.05, 0) is 38.5 Å². The molecular formula is C34H67KO2. The molecule has 0 radical (unpaired) electrons. The van der Waals surface area contributed by atoms with Gasteiger partial charge in [-0.15, -0.1) is 0 Å². The Morgan fingerprint density at radius 2 is 0.784 bits per heavy atom. The normalized spacial score (nSPS) is 11.2. The van der Waals surface area contributed by atoms with Crippen LogP contribution in [0.15, 0.2) is 12.2 Å². The first-order valence-electron chi connectivity index (χ1n) is 16.6. The topological polar surface area (TPSA) is 26.3 Å². The molecule has 0 aromatic carbocycles. The minimum atomic E-state index is 0. The second kappa shape index (κ2) is 36.8. The van der Waals surface area contributed by atoms with E-state index < -0.39 is 0 Å².